The zero-order valence-electron chi connectivity index (χ0n) is 11.8. The van der Waals surface area contributed by atoms with E-state index in [9.17, 15) is 18.0 Å². The van der Waals surface area contributed by atoms with Crippen molar-refractivity contribution in [1.29, 1.82) is 0 Å². The summed E-state index contributed by atoms with van der Waals surface area (Å²) in [6, 6.07) is 6.87. The lowest BCUT2D eigenvalue weighted by atomic mass is 9.94. The molecule has 0 radical (unpaired) electrons. The summed E-state index contributed by atoms with van der Waals surface area (Å²) in [7, 11) is 0. The summed E-state index contributed by atoms with van der Waals surface area (Å²) in [4.78, 5) is 12.1. The van der Waals surface area contributed by atoms with Crippen LogP contribution in [0.3, 0.4) is 0 Å². The van der Waals surface area contributed by atoms with E-state index >= 15 is 0 Å². The molecule has 0 spiro atoms. The van der Waals surface area contributed by atoms with Crippen LogP contribution in [0.15, 0.2) is 24.3 Å². The Hall–Kier alpha value is -1.56. The van der Waals surface area contributed by atoms with Crippen LogP contribution in [0.5, 0.6) is 0 Å². The van der Waals surface area contributed by atoms with Gasteiger partial charge in [-0.3, -0.25) is 4.79 Å². The van der Waals surface area contributed by atoms with E-state index in [0.29, 0.717) is 0 Å². The molecule has 6 heteroatoms. The van der Waals surface area contributed by atoms with E-state index < -0.39 is 18.1 Å². The number of carbonyl (C=O) groups is 1. The Labute approximate surface area is 121 Å². The molecule has 116 valence electrons. The fraction of sp³-hybridized carbons (Fsp3) is 0.533. The van der Waals surface area contributed by atoms with Gasteiger partial charge < -0.3 is 10.6 Å². The maximum atomic E-state index is 12.6. The van der Waals surface area contributed by atoms with Crippen LogP contribution < -0.4 is 10.6 Å². The molecule has 1 aromatic rings. The quantitative estimate of drug-likeness (QED) is 0.900. The zero-order chi connectivity index (χ0) is 15.5. The predicted octanol–water partition coefficient (Wildman–Crippen LogP) is 3.12. The maximum Gasteiger partial charge on any atom is 0.393 e. The first-order chi connectivity index (χ1) is 9.91. The first-order valence-corrected chi connectivity index (χ1v) is 7.10. The number of hydrogen-bond acceptors (Lipinski definition) is 2. The van der Waals surface area contributed by atoms with E-state index in [2.05, 4.69) is 10.6 Å². The summed E-state index contributed by atoms with van der Waals surface area (Å²) in [6.07, 6.45) is -3.22. The summed E-state index contributed by atoms with van der Waals surface area (Å²) >= 11 is 0. The van der Waals surface area contributed by atoms with Crippen LogP contribution in [-0.4, -0.2) is 24.7 Å². The number of amides is 1. The standard InChI is InChI=1S/C15H19F3N2O/c1-2-10-5-3-4-6-12(10)20-14(21)13-8-7-11(9-19-13)15(16,17)18/h3-6,11,13,19H,2,7-9H2,1H3,(H,20,21). The van der Waals surface area contributed by atoms with E-state index in [1.807, 2.05) is 25.1 Å². The third kappa shape index (κ3) is 3.97. The average Bonchev–Trinajstić information content (AvgIpc) is 2.47. The monoisotopic (exact) mass is 300 g/mol. The van der Waals surface area contributed by atoms with Crippen LogP contribution in [0, 0.1) is 5.92 Å². The van der Waals surface area contributed by atoms with Crippen molar-refractivity contribution in [3.05, 3.63) is 29.8 Å². The van der Waals surface area contributed by atoms with Crippen molar-refractivity contribution in [2.75, 3.05) is 11.9 Å². The molecule has 2 atom stereocenters. The number of hydrogen-bond donors (Lipinski definition) is 2. The molecular formula is C15H19F3N2O. The van der Waals surface area contributed by atoms with Crippen molar-refractivity contribution in [3.8, 4) is 0 Å². The largest absolute Gasteiger partial charge is 0.393 e. The molecule has 1 amide bonds. The summed E-state index contributed by atoms with van der Waals surface area (Å²) in [5.74, 6) is -1.62. The van der Waals surface area contributed by atoms with E-state index in [0.717, 1.165) is 17.7 Å². The van der Waals surface area contributed by atoms with E-state index in [4.69, 9.17) is 0 Å². The number of aryl methyl sites for hydroxylation is 1. The Morgan fingerprint density at radius 1 is 1.33 bits per heavy atom. The zero-order valence-corrected chi connectivity index (χ0v) is 11.8. The van der Waals surface area contributed by atoms with Gasteiger partial charge in [-0.25, -0.2) is 0 Å². The second-order valence-electron chi connectivity index (χ2n) is 5.28. The molecule has 1 aliphatic rings. The van der Waals surface area contributed by atoms with Crippen LogP contribution in [0.25, 0.3) is 0 Å². The van der Waals surface area contributed by atoms with Gasteiger partial charge in [0.2, 0.25) is 5.91 Å². The Morgan fingerprint density at radius 2 is 2.05 bits per heavy atom. The van der Waals surface area contributed by atoms with Crippen LogP contribution in [-0.2, 0) is 11.2 Å². The Kier molecular flexibility index (Phi) is 4.88. The van der Waals surface area contributed by atoms with E-state index in [1.54, 1.807) is 6.07 Å². The number of piperidine rings is 1. The number of halogens is 3. The fourth-order valence-corrected chi connectivity index (χ4v) is 2.53. The fourth-order valence-electron chi connectivity index (χ4n) is 2.53. The Morgan fingerprint density at radius 3 is 2.62 bits per heavy atom. The lowest BCUT2D eigenvalue weighted by molar-refractivity contribution is -0.180. The highest BCUT2D eigenvalue weighted by atomic mass is 19.4. The van der Waals surface area contributed by atoms with Crippen molar-refractivity contribution < 1.29 is 18.0 Å². The molecule has 0 aliphatic carbocycles. The molecule has 21 heavy (non-hydrogen) atoms. The van der Waals surface area contributed by atoms with Gasteiger partial charge in [-0.2, -0.15) is 13.2 Å². The minimum Gasteiger partial charge on any atom is -0.324 e. The minimum absolute atomic E-state index is 0.00991. The lowest BCUT2D eigenvalue weighted by Gasteiger charge is -2.30. The molecule has 2 rings (SSSR count). The van der Waals surface area contributed by atoms with Crippen molar-refractivity contribution >= 4 is 11.6 Å². The van der Waals surface area contributed by atoms with Gasteiger partial charge in [-0.05, 0) is 30.9 Å². The molecule has 0 bridgehead atoms. The van der Waals surface area contributed by atoms with E-state index in [1.165, 1.54) is 0 Å². The number of benzene rings is 1. The Bertz CT molecular complexity index is 494. The first kappa shape index (κ1) is 15.8. The van der Waals surface area contributed by atoms with Crippen LogP contribution in [0.1, 0.15) is 25.3 Å². The first-order valence-electron chi connectivity index (χ1n) is 7.10. The second kappa shape index (κ2) is 6.47. The molecule has 1 aromatic carbocycles. The summed E-state index contributed by atoms with van der Waals surface area (Å²) < 4.78 is 37.7. The highest BCUT2D eigenvalue weighted by Crippen LogP contribution is 2.32. The molecule has 3 nitrogen and oxygen atoms in total. The summed E-state index contributed by atoms with van der Waals surface area (Å²) in [6.45, 7) is 1.79. The Balaban J connectivity index is 1.94. The molecule has 0 saturated carbocycles. The minimum atomic E-state index is -4.19. The van der Waals surface area contributed by atoms with E-state index in [-0.39, 0.29) is 25.3 Å². The molecule has 1 saturated heterocycles. The summed E-state index contributed by atoms with van der Waals surface area (Å²) in [5, 5.41) is 5.50. The smallest absolute Gasteiger partial charge is 0.324 e. The number of anilines is 1. The molecule has 1 aliphatic heterocycles. The van der Waals surface area contributed by atoms with Crippen LogP contribution in [0.4, 0.5) is 18.9 Å². The van der Waals surface area contributed by atoms with Gasteiger partial charge in [0, 0.05) is 12.2 Å². The number of nitrogens with one attached hydrogen (secondary N) is 2. The molecular weight excluding hydrogens is 281 g/mol. The highest BCUT2D eigenvalue weighted by molar-refractivity contribution is 5.95. The van der Waals surface area contributed by atoms with Crippen molar-refractivity contribution in [2.24, 2.45) is 5.92 Å². The van der Waals surface area contributed by atoms with Crippen LogP contribution in [0.2, 0.25) is 0 Å². The number of carbonyl (C=O) groups excluding carboxylic acids is 1. The van der Waals surface area contributed by atoms with Gasteiger partial charge in [-0.15, -0.1) is 0 Å². The number of para-hydroxylation sites is 1. The molecule has 1 heterocycles. The summed E-state index contributed by atoms with van der Waals surface area (Å²) in [5.41, 5.74) is 1.74. The highest BCUT2D eigenvalue weighted by Gasteiger charge is 2.42. The lowest BCUT2D eigenvalue weighted by Crippen LogP contribution is -2.49. The van der Waals surface area contributed by atoms with Crippen molar-refractivity contribution in [1.82, 2.24) is 5.32 Å². The molecule has 0 aromatic heterocycles. The predicted molar refractivity (Wildman–Crippen MR) is 75.0 cm³/mol. The maximum absolute atomic E-state index is 12.6. The topological polar surface area (TPSA) is 41.1 Å². The van der Waals surface area contributed by atoms with Gasteiger partial charge in [0.05, 0.1) is 12.0 Å². The third-order valence-electron chi connectivity index (χ3n) is 3.85. The normalized spacial score (nSPS) is 22.9. The van der Waals surface area contributed by atoms with Gasteiger partial charge in [0.15, 0.2) is 0 Å². The van der Waals surface area contributed by atoms with Gasteiger partial charge in [0.25, 0.3) is 0 Å². The average molecular weight is 300 g/mol. The van der Waals surface area contributed by atoms with Crippen molar-refractivity contribution in [2.45, 2.75) is 38.4 Å². The third-order valence-corrected chi connectivity index (χ3v) is 3.85. The SMILES string of the molecule is CCc1ccccc1NC(=O)C1CCC(C(F)(F)F)CN1. The number of rotatable bonds is 3. The van der Waals surface area contributed by atoms with Crippen LogP contribution >= 0.6 is 0 Å². The van der Waals surface area contributed by atoms with Gasteiger partial charge >= 0.3 is 6.18 Å². The van der Waals surface area contributed by atoms with Gasteiger partial charge in [0.1, 0.15) is 0 Å². The van der Waals surface area contributed by atoms with Crippen molar-refractivity contribution in [3.63, 3.8) is 0 Å². The second-order valence-corrected chi connectivity index (χ2v) is 5.28. The molecule has 2 unspecified atom stereocenters. The van der Waals surface area contributed by atoms with Gasteiger partial charge in [-0.1, -0.05) is 25.1 Å². The molecule has 2 N–H and O–H groups in total. The number of alkyl halides is 3. The molecule has 1 fully saturated rings.